The molecule has 0 aliphatic carbocycles. The van der Waals surface area contributed by atoms with Crippen LogP contribution in [-0.2, 0) is 0 Å². The van der Waals surface area contributed by atoms with E-state index in [2.05, 4.69) is 21.4 Å². The second kappa shape index (κ2) is 5.57. The number of amides is 1. The van der Waals surface area contributed by atoms with E-state index >= 15 is 0 Å². The first-order valence-electron chi connectivity index (χ1n) is 4.11. The zero-order valence-corrected chi connectivity index (χ0v) is 9.12. The molecule has 3 nitrogen and oxygen atoms in total. The van der Waals surface area contributed by atoms with Crippen LogP contribution in [0.3, 0.4) is 0 Å². The zero-order valence-electron chi connectivity index (χ0n) is 7.53. The maximum atomic E-state index is 11.2. The first-order valence-corrected chi connectivity index (χ1v) is 5.23. The molecule has 0 saturated heterocycles. The van der Waals surface area contributed by atoms with Crippen molar-refractivity contribution in [1.29, 1.82) is 0 Å². The van der Waals surface area contributed by atoms with Gasteiger partial charge in [-0.1, -0.05) is 40.2 Å². The number of hydrogen-bond donors (Lipinski definition) is 2. The van der Waals surface area contributed by atoms with Crippen molar-refractivity contribution in [1.82, 2.24) is 5.43 Å². The average molecular weight is 255 g/mol. The molecule has 0 aliphatic rings. The van der Waals surface area contributed by atoms with Crippen molar-refractivity contribution < 1.29 is 4.79 Å². The van der Waals surface area contributed by atoms with Crippen LogP contribution >= 0.6 is 15.9 Å². The van der Waals surface area contributed by atoms with E-state index in [1.165, 1.54) is 0 Å². The number of hydrazine groups is 1. The van der Waals surface area contributed by atoms with E-state index in [9.17, 15) is 4.79 Å². The van der Waals surface area contributed by atoms with Crippen LogP contribution in [0.5, 0.6) is 0 Å². The summed E-state index contributed by atoms with van der Waals surface area (Å²) in [6.45, 7) is 0. The molecule has 3 N–H and O–H groups in total. The third kappa shape index (κ3) is 2.97. The molecule has 0 aliphatic heterocycles. The Kier molecular flexibility index (Phi) is 4.35. The SMILES string of the molecule is NNC(=O)c1cccc(C=CCBr)c1. The summed E-state index contributed by atoms with van der Waals surface area (Å²) < 4.78 is 0. The minimum absolute atomic E-state index is 0.279. The highest BCUT2D eigenvalue weighted by Crippen LogP contribution is 2.07. The molecule has 0 saturated carbocycles. The molecule has 0 bridgehead atoms. The molecular weight excluding hydrogens is 244 g/mol. The predicted octanol–water partition coefficient (Wildman–Crippen LogP) is 1.70. The van der Waals surface area contributed by atoms with Gasteiger partial charge < -0.3 is 0 Å². The van der Waals surface area contributed by atoms with E-state index in [1.807, 2.05) is 24.3 Å². The Morgan fingerprint density at radius 2 is 2.36 bits per heavy atom. The quantitative estimate of drug-likeness (QED) is 0.374. The van der Waals surface area contributed by atoms with Gasteiger partial charge in [0.05, 0.1) is 0 Å². The summed E-state index contributed by atoms with van der Waals surface area (Å²) >= 11 is 3.28. The number of hydrogen-bond acceptors (Lipinski definition) is 2. The summed E-state index contributed by atoms with van der Waals surface area (Å²) in [5, 5.41) is 0.792. The molecule has 0 fully saturated rings. The van der Waals surface area contributed by atoms with Crippen molar-refractivity contribution in [2.75, 3.05) is 5.33 Å². The molecule has 74 valence electrons. The molecule has 0 atom stereocenters. The molecule has 1 aromatic carbocycles. The number of nitrogens with one attached hydrogen (secondary N) is 1. The highest BCUT2D eigenvalue weighted by Gasteiger charge is 2.01. The lowest BCUT2D eigenvalue weighted by molar-refractivity contribution is 0.0953. The first-order chi connectivity index (χ1) is 6.77. The largest absolute Gasteiger partial charge is 0.290 e. The average Bonchev–Trinajstić information content (AvgIpc) is 2.25. The van der Waals surface area contributed by atoms with Crippen LogP contribution in [0.1, 0.15) is 15.9 Å². The van der Waals surface area contributed by atoms with E-state index < -0.39 is 0 Å². The maximum Gasteiger partial charge on any atom is 0.265 e. The number of nitrogen functional groups attached to an aromatic ring is 1. The highest BCUT2D eigenvalue weighted by molar-refractivity contribution is 9.09. The monoisotopic (exact) mass is 254 g/mol. The summed E-state index contributed by atoms with van der Waals surface area (Å²) in [6.07, 6.45) is 3.89. The number of rotatable bonds is 3. The van der Waals surface area contributed by atoms with Gasteiger partial charge in [-0.25, -0.2) is 5.84 Å². The molecular formula is C10H11BrN2O. The van der Waals surface area contributed by atoms with Crippen LogP contribution in [0, 0.1) is 0 Å². The van der Waals surface area contributed by atoms with Gasteiger partial charge in [-0.3, -0.25) is 10.2 Å². The Hall–Kier alpha value is -1.13. The summed E-state index contributed by atoms with van der Waals surface area (Å²) in [7, 11) is 0. The van der Waals surface area contributed by atoms with Crippen molar-refractivity contribution >= 4 is 27.9 Å². The molecule has 14 heavy (non-hydrogen) atoms. The minimum Gasteiger partial charge on any atom is -0.290 e. The summed E-state index contributed by atoms with van der Waals surface area (Å²) in [6, 6.07) is 7.24. The van der Waals surface area contributed by atoms with Crippen molar-refractivity contribution in [3.05, 3.63) is 41.5 Å². The predicted molar refractivity (Wildman–Crippen MR) is 60.9 cm³/mol. The van der Waals surface area contributed by atoms with Crippen molar-refractivity contribution in [2.24, 2.45) is 5.84 Å². The van der Waals surface area contributed by atoms with E-state index in [-0.39, 0.29) is 5.91 Å². The van der Waals surface area contributed by atoms with Crippen LogP contribution < -0.4 is 11.3 Å². The van der Waals surface area contributed by atoms with Gasteiger partial charge in [0.25, 0.3) is 5.91 Å². The standard InChI is InChI=1S/C10H11BrN2O/c11-6-2-4-8-3-1-5-9(7-8)10(14)13-12/h1-5,7H,6,12H2,(H,13,14). The summed E-state index contributed by atoms with van der Waals surface area (Å²) in [5.74, 6) is 4.75. The maximum absolute atomic E-state index is 11.2. The Morgan fingerprint density at radius 3 is 3.00 bits per heavy atom. The van der Waals surface area contributed by atoms with E-state index in [4.69, 9.17) is 5.84 Å². The second-order valence-corrected chi connectivity index (χ2v) is 3.30. The van der Waals surface area contributed by atoms with Crippen molar-refractivity contribution in [2.45, 2.75) is 0 Å². The zero-order chi connectivity index (χ0) is 10.4. The number of nitrogens with two attached hydrogens (primary N) is 1. The van der Waals surface area contributed by atoms with Crippen LogP contribution in [0.15, 0.2) is 30.3 Å². The molecule has 4 heteroatoms. The smallest absolute Gasteiger partial charge is 0.265 e. The summed E-state index contributed by atoms with van der Waals surface area (Å²) in [5.41, 5.74) is 3.63. The Bertz CT molecular complexity index is 350. The van der Waals surface area contributed by atoms with Gasteiger partial charge in [0.2, 0.25) is 0 Å². The Morgan fingerprint density at radius 1 is 1.57 bits per heavy atom. The van der Waals surface area contributed by atoms with Gasteiger partial charge in [-0.05, 0) is 17.7 Å². The van der Waals surface area contributed by atoms with Crippen molar-refractivity contribution in [3.63, 3.8) is 0 Å². The lowest BCUT2D eigenvalue weighted by Gasteiger charge is -2.00. The molecule has 1 aromatic rings. The van der Waals surface area contributed by atoms with E-state index in [1.54, 1.807) is 12.1 Å². The fourth-order valence-electron chi connectivity index (χ4n) is 1.05. The highest BCUT2D eigenvalue weighted by atomic mass is 79.9. The van der Waals surface area contributed by atoms with E-state index in [0.29, 0.717) is 5.56 Å². The first kappa shape index (κ1) is 10.9. The fourth-order valence-corrected chi connectivity index (χ4v) is 1.23. The topological polar surface area (TPSA) is 55.1 Å². The molecule has 0 radical (unpaired) electrons. The molecule has 1 rings (SSSR count). The fraction of sp³-hybridized carbons (Fsp3) is 0.100. The number of carbonyl (C=O) groups is 1. The Labute approximate surface area is 91.1 Å². The van der Waals surface area contributed by atoms with Gasteiger partial charge in [0, 0.05) is 10.9 Å². The van der Waals surface area contributed by atoms with Crippen LogP contribution in [-0.4, -0.2) is 11.2 Å². The van der Waals surface area contributed by atoms with Gasteiger partial charge in [-0.2, -0.15) is 0 Å². The summed E-state index contributed by atoms with van der Waals surface area (Å²) in [4.78, 5) is 11.2. The molecule has 0 unspecified atom stereocenters. The number of carbonyl (C=O) groups excluding carboxylic acids is 1. The number of benzene rings is 1. The van der Waals surface area contributed by atoms with Gasteiger partial charge in [0.1, 0.15) is 0 Å². The van der Waals surface area contributed by atoms with Gasteiger partial charge >= 0.3 is 0 Å². The molecule has 0 heterocycles. The minimum atomic E-state index is -0.279. The lowest BCUT2D eigenvalue weighted by atomic mass is 10.1. The van der Waals surface area contributed by atoms with Gasteiger partial charge in [0.15, 0.2) is 0 Å². The molecule has 0 spiro atoms. The number of halogens is 1. The number of allylic oxidation sites excluding steroid dienone is 1. The van der Waals surface area contributed by atoms with E-state index in [0.717, 1.165) is 10.9 Å². The number of alkyl halides is 1. The van der Waals surface area contributed by atoms with Crippen LogP contribution in [0.25, 0.3) is 6.08 Å². The Balaban J connectivity index is 2.89. The third-order valence-electron chi connectivity index (χ3n) is 1.68. The normalized spacial score (nSPS) is 10.4. The third-order valence-corrected chi connectivity index (χ3v) is 2.05. The second-order valence-electron chi connectivity index (χ2n) is 2.66. The van der Waals surface area contributed by atoms with Crippen LogP contribution in [0.4, 0.5) is 0 Å². The lowest BCUT2D eigenvalue weighted by Crippen LogP contribution is -2.29. The molecule has 1 amide bonds. The van der Waals surface area contributed by atoms with Crippen LogP contribution in [0.2, 0.25) is 0 Å². The van der Waals surface area contributed by atoms with Gasteiger partial charge in [-0.15, -0.1) is 0 Å². The molecule has 0 aromatic heterocycles. The van der Waals surface area contributed by atoms with Crippen molar-refractivity contribution in [3.8, 4) is 0 Å².